The Balaban J connectivity index is 3.64. The molecule has 17 heavy (non-hydrogen) atoms. The molecule has 0 unspecified atom stereocenters. The summed E-state index contributed by atoms with van der Waals surface area (Å²) >= 11 is 0. The number of guanidine groups is 1. The Morgan fingerprint density at radius 1 is 1.35 bits per heavy atom. The number of nitrogens with zero attached hydrogens (tertiary/aromatic N) is 1. The molecule has 0 spiro atoms. The van der Waals surface area contributed by atoms with Gasteiger partial charge in [0.15, 0.2) is 0 Å². The van der Waals surface area contributed by atoms with Crippen molar-refractivity contribution >= 4 is 5.96 Å². The van der Waals surface area contributed by atoms with E-state index in [1.807, 2.05) is 0 Å². The van der Waals surface area contributed by atoms with Crippen LogP contribution in [0.4, 0.5) is 13.2 Å². The molecule has 5 nitrogen and oxygen atoms in total. The van der Waals surface area contributed by atoms with Gasteiger partial charge in [-0.05, 0) is 12.8 Å². The number of rotatable bonds is 7. The third-order valence-electron chi connectivity index (χ3n) is 1.87. The molecule has 0 aromatic rings. The van der Waals surface area contributed by atoms with Gasteiger partial charge in [-0.2, -0.15) is 13.2 Å². The zero-order valence-electron chi connectivity index (χ0n) is 9.81. The molecule has 0 aromatic heterocycles. The van der Waals surface area contributed by atoms with Crippen LogP contribution in [0.15, 0.2) is 4.99 Å². The molecule has 0 heterocycles. The summed E-state index contributed by atoms with van der Waals surface area (Å²) in [6.45, 7) is 1.33. The average molecular weight is 256 g/mol. The van der Waals surface area contributed by atoms with Gasteiger partial charge in [0.25, 0.3) is 0 Å². The van der Waals surface area contributed by atoms with Gasteiger partial charge in [-0.3, -0.25) is 10.4 Å². The zero-order valence-corrected chi connectivity index (χ0v) is 9.81. The quantitative estimate of drug-likeness (QED) is 0.207. The second-order valence-electron chi connectivity index (χ2n) is 3.37. The average Bonchev–Trinajstić information content (AvgIpc) is 2.25. The van der Waals surface area contributed by atoms with Crippen molar-refractivity contribution in [2.75, 3.05) is 26.8 Å². The van der Waals surface area contributed by atoms with Crippen LogP contribution in [0.1, 0.15) is 19.3 Å². The molecule has 102 valence electrons. The van der Waals surface area contributed by atoms with Crippen molar-refractivity contribution in [2.24, 2.45) is 10.8 Å². The van der Waals surface area contributed by atoms with E-state index in [0.717, 1.165) is 0 Å². The van der Waals surface area contributed by atoms with Crippen molar-refractivity contribution in [3.05, 3.63) is 0 Å². The highest BCUT2D eigenvalue weighted by molar-refractivity contribution is 5.79. The SMILES string of the molecule is COCCNC(=NCCCCC(F)(F)F)NN. The topological polar surface area (TPSA) is 71.7 Å². The van der Waals surface area contributed by atoms with E-state index in [1.165, 1.54) is 0 Å². The number of unbranched alkanes of at least 4 members (excludes halogenated alkanes) is 1. The molecule has 0 saturated carbocycles. The molecule has 0 aliphatic heterocycles. The number of hydrogen-bond donors (Lipinski definition) is 3. The molecule has 0 radical (unpaired) electrons. The van der Waals surface area contributed by atoms with Gasteiger partial charge in [0.2, 0.25) is 5.96 Å². The first kappa shape index (κ1) is 16.0. The fraction of sp³-hybridized carbons (Fsp3) is 0.889. The number of aliphatic imine (C=N–C) groups is 1. The van der Waals surface area contributed by atoms with Crippen LogP contribution in [0.3, 0.4) is 0 Å². The molecule has 0 aromatic carbocycles. The van der Waals surface area contributed by atoms with E-state index >= 15 is 0 Å². The highest BCUT2D eigenvalue weighted by Gasteiger charge is 2.25. The molecule has 0 atom stereocenters. The van der Waals surface area contributed by atoms with Gasteiger partial charge in [-0.15, -0.1) is 0 Å². The fourth-order valence-corrected chi connectivity index (χ4v) is 1.05. The summed E-state index contributed by atoms with van der Waals surface area (Å²) in [5.41, 5.74) is 2.33. The molecule has 0 saturated heterocycles. The van der Waals surface area contributed by atoms with Crippen molar-refractivity contribution in [3.8, 4) is 0 Å². The Morgan fingerprint density at radius 2 is 2.06 bits per heavy atom. The predicted octanol–water partition coefficient (Wildman–Crippen LogP) is 0.774. The van der Waals surface area contributed by atoms with Gasteiger partial charge >= 0.3 is 6.18 Å². The van der Waals surface area contributed by atoms with Crippen molar-refractivity contribution in [2.45, 2.75) is 25.4 Å². The number of hydrazine groups is 1. The third kappa shape index (κ3) is 11.2. The van der Waals surface area contributed by atoms with Gasteiger partial charge < -0.3 is 10.1 Å². The van der Waals surface area contributed by atoms with Crippen LogP contribution in [0.25, 0.3) is 0 Å². The molecule has 0 aliphatic carbocycles. The lowest BCUT2D eigenvalue weighted by Crippen LogP contribution is -2.42. The standard InChI is InChI=1S/C9H19F3N4O/c1-17-7-6-15-8(16-13)14-5-3-2-4-9(10,11)12/h2-7,13H2,1H3,(H2,14,15,16). The van der Waals surface area contributed by atoms with Crippen LogP contribution >= 0.6 is 0 Å². The van der Waals surface area contributed by atoms with E-state index in [4.69, 9.17) is 10.6 Å². The fourth-order valence-electron chi connectivity index (χ4n) is 1.05. The largest absolute Gasteiger partial charge is 0.389 e. The van der Waals surface area contributed by atoms with Gasteiger partial charge in [-0.1, -0.05) is 0 Å². The third-order valence-corrected chi connectivity index (χ3v) is 1.87. The van der Waals surface area contributed by atoms with Gasteiger partial charge in [0, 0.05) is 26.6 Å². The minimum atomic E-state index is -4.09. The van der Waals surface area contributed by atoms with Crippen LogP contribution in [0.5, 0.6) is 0 Å². The highest BCUT2D eigenvalue weighted by Crippen LogP contribution is 2.21. The normalized spacial score (nSPS) is 12.6. The number of nitrogens with one attached hydrogen (secondary N) is 2. The molecular weight excluding hydrogens is 237 g/mol. The predicted molar refractivity (Wildman–Crippen MR) is 59.4 cm³/mol. The van der Waals surface area contributed by atoms with Crippen LogP contribution in [0, 0.1) is 0 Å². The van der Waals surface area contributed by atoms with Gasteiger partial charge in [0.1, 0.15) is 0 Å². The number of hydrogen-bond acceptors (Lipinski definition) is 3. The second kappa shape index (κ2) is 9.06. The highest BCUT2D eigenvalue weighted by atomic mass is 19.4. The molecule has 0 fully saturated rings. The first-order valence-electron chi connectivity index (χ1n) is 5.30. The number of methoxy groups -OCH3 is 1. The first-order valence-corrected chi connectivity index (χ1v) is 5.30. The number of halogens is 3. The molecule has 0 amide bonds. The van der Waals surface area contributed by atoms with E-state index in [9.17, 15) is 13.2 Å². The van der Waals surface area contributed by atoms with E-state index in [2.05, 4.69) is 15.7 Å². The van der Waals surface area contributed by atoms with Crippen molar-refractivity contribution in [1.29, 1.82) is 0 Å². The Bertz CT molecular complexity index is 221. The Morgan fingerprint density at radius 3 is 2.59 bits per heavy atom. The summed E-state index contributed by atoms with van der Waals surface area (Å²) in [4.78, 5) is 3.98. The lowest BCUT2D eigenvalue weighted by molar-refractivity contribution is -0.135. The first-order chi connectivity index (χ1) is 7.99. The molecule has 8 heteroatoms. The van der Waals surface area contributed by atoms with E-state index in [1.54, 1.807) is 7.11 Å². The maximum absolute atomic E-state index is 11.8. The minimum absolute atomic E-state index is 0.0723. The van der Waals surface area contributed by atoms with Crippen LogP contribution in [-0.2, 0) is 4.74 Å². The van der Waals surface area contributed by atoms with E-state index < -0.39 is 12.6 Å². The Labute approximate surface area is 98.6 Å². The van der Waals surface area contributed by atoms with Gasteiger partial charge in [-0.25, -0.2) is 5.84 Å². The number of ether oxygens (including phenoxy) is 1. The van der Waals surface area contributed by atoms with Crippen molar-refractivity contribution in [1.82, 2.24) is 10.7 Å². The monoisotopic (exact) mass is 256 g/mol. The van der Waals surface area contributed by atoms with Gasteiger partial charge in [0.05, 0.1) is 6.61 Å². The summed E-state index contributed by atoms with van der Waals surface area (Å²) < 4.78 is 40.3. The van der Waals surface area contributed by atoms with E-state index in [-0.39, 0.29) is 6.42 Å². The summed E-state index contributed by atoms with van der Waals surface area (Å²) in [6.07, 6.45) is -4.42. The summed E-state index contributed by atoms with van der Waals surface area (Å²) in [5.74, 6) is 5.53. The lowest BCUT2D eigenvalue weighted by Gasteiger charge is -2.08. The summed E-state index contributed by atoms with van der Waals surface area (Å²) in [6, 6.07) is 0. The molecule has 0 rings (SSSR count). The van der Waals surface area contributed by atoms with Crippen LogP contribution in [-0.4, -0.2) is 38.9 Å². The molecule has 0 aliphatic rings. The molecule has 4 N–H and O–H groups in total. The van der Waals surface area contributed by atoms with Crippen LogP contribution < -0.4 is 16.6 Å². The molecular formula is C9H19F3N4O. The van der Waals surface area contributed by atoms with Crippen molar-refractivity contribution in [3.63, 3.8) is 0 Å². The van der Waals surface area contributed by atoms with Crippen LogP contribution in [0.2, 0.25) is 0 Å². The lowest BCUT2D eigenvalue weighted by atomic mass is 10.2. The zero-order chi connectivity index (χ0) is 13.1. The number of nitrogens with two attached hydrogens (primary N) is 1. The van der Waals surface area contributed by atoms with Crippen molar-refractivity contribution < 1.29 is 17.9 Å². The van der Waals surface area contributed by atoms with E-state index in [0.29, 0.717) is 32.1 Å². The Hall–Kier alpha value is -1.02. The maximum Gasteiger partial charge on any atom is 0.389 e. The smallest absolute Gasteiger partial charge is 0.383 e. The number of alkyl halides is 3. The minimum Gasteiger partial charge on any atom is -0.383 e. The molecule has 0 bridgehead atoms. The second-order valence-corrected chi connectivity index (χ2v) is 3.37. The summed E-state index contributed by atoms with van der Waals surface area (Å²) in [7, 11) is 1.56. The Kier molecular flexibility index (Phi) is 8.51. The maximum atomic E-state index is 11.8. The summed E-state index contributed by atoms with van der Waals surface area (Å²) in [5, 5.41) is 2.84.